The van der Waals surface area contributed by atoms with Gasteiger partial charge in [-0.1, -0.05) is 46.0 Å². The Kier molecular flexibility index (Phi) is 5.34. The first-order valence-electron chi connectivity index (χ1n) is 7.08. The molecule has 8 heteroatoms. The molecule has 0 amide bonds. The molecule has 23 heavy (non-hydrogen) atoms. The minimum atomic E-state index is -0.339. The maximum absolute atomic E-state index is 11.7. The standard InChI is InChI=1S/C15H14BrN3O2S2/c1-2-5-17-14-18-19-15(23-14)22-8-9-6-13(20)21-12-7-10(16)3-4-11(9)12/h3-4,6-7H,2,5,8H2,1H3,(H,17,18). The Morgan fingerprint density at radius 3 is 3.04 bits per heavy atom. The highest BCUT2D eigenvalue weighted by Gasteiger charge is 2.09. The van der Waals surface area contributed by atoms with Crippen molar-refractivity contribution >= 4 is 55.1 Å². The Balaban J connectivity index is 1.79. The van der Waals surface area contributed by atoms with E-state index in [-0.39, 0.29) is 5.63 Å². The minimum absolute atomic E-state index is 0.339. The smallest absolute Gasteiger partial charge is 0.336 e. The van der Waals surface area contributed by atoms with Gasteiger partial charge in [-0.3, -0.25) is 0 Å². The molecule has 0 saturated carbocycles. The molecule has 120 valence electrons. The first-order valence-corrected chi connectivity index (χ1v) is 9.67. The van der Waals surface area contributed by atoms with Crippen LogP contribution in [0.2, 0.25) is 0 Å². The van der Waals surface area contributed by atoms with E-state index >= 15 is 0 Å². The zero-order valence-corrected chi connectivity index (χ0v) is 15.6. The predicted molar refractivity (Wildman–Crippen MR) is 98.4 cm³/mol. The van der Waals surface area contributed by atoms with E-state index in [0.29, 0.717) is 11.3 Å². The largest absolute Gasteiger partial charge is 0.423 e. The number of fused-ring (bicyclic) bond motifs is 1. The lowest BCUT2D eigenvalue weighted by molar-refractivity contribution is 0.559. The van der Waals surface area contributed by atoms with Gasteiger partial charge < -0.3 is 9.73 Å². The molecule has 0 radical (unpaired) electrons. The number of hydrogen-bond acceptors (Lipinski definition) is 7. The van der Waals surface area contributed by atoms with E-state index in [9.17, 15) is 4.79 Å². The molecule has 0 atom stereocenters. The van der Waals surface area contributed by atoms with Crippen LogP contribution in [-0.2, 0) is 5.75 Å². The van der Waals surface area contributed by atoms with Crippen LogP contribution in [0.3, 0.4) is 0 Å². The fourth-order valence-corrected chi connectivity index (χ4v) is 4.14. The summed E-state index contributed by atoms with van der Waals surface area (Å²) < 4.78 is 7.01. The van der Waals surface area contributed by atoms with Gasteiger partial charge in [0.2, 0.25) is 5.13 Å². The van der Waals surface area contributed by atoms with Gasteiger partial charge in [0, 0.05) is 28.2 Å². The Morgan fingerprint density at radius 1 is 1.35 bits per heavy atom. The van der Waals surface area contributed by atoms with E-state index in [0.717, 1.165) is 37.9 Å². The second kappa shape index (κ2) is 7.46. The first kappa shape index (κ1) is 16.5. The Hall–Kier alpha value is -1.38. The monoisotopic (exact) mass is 411 g/mol. The van der Waals surface area contributed by atoms with Gasteiger partial charge in [0.1, 0.15) is 5.58 Å². The third-order valence-electron chi connectivity index (χ3n) is 3.08. The van der Waals surface area contributed by atoms with Crippen LogP contribution in [0.15, 0.2) is 42.3 Å². The fraction of sp³-hybridized carbons (Fsp3) is 0.267. The van der Waals surface area contributed by atoms with Crippen LogP contribution in [0.4, 0.5) is 5.13 Å². The summed E-state index contributed by atoms with van der Waals surface area (Å²) in [5, 5.41) is 13.3. The molecule has 5 nitrogen and oxygen atoms in total. The summed E-state index contributed by atoms with van der Waals surface area (Å²) in [5.74, 6) is 0.645. The SMILES string of the molecule is CCCNc1nnc(SCc2cc(=O)oc3cc(Br)ccc23)s1. The van der Waals surface area contributed by atoms with Crippen molar-refractivity contribution in [2.24, 2.45) is 0 Å². The number of thioether (sulfide) groups is 1. The van der Waals surface area contributed by atoms with Crippen LogP contribution in [-0.4, -0.2) is 16.7 Å². The Morgan fingerprint density at radius 2 is 2.22 bits per heavy atom. The van der Waals surface area contributed by atoms with Crippen LogP contribution in [0, 0.1) is 0 Å². The van der Waals surface area contributed by atoms with Gasteiger partial charge in [-0.15, -0.1) is 10.2 Å². The average Bonchev–Trinajstić information content (AvgIpc) is 2.98. The molecular formula is C15H14BrN3O2S2. The summed E-state index contributed by atoms with van der Waals surface area (Å²) in [5.41, 5.74) is 1.19. The Bertz CT molecular complexity index is 879. The molecule has 0 unspecified atom stereocenters. The zero-order valence-electron chi connectivity index (χ0n) is 12.3. The van der Waals surface area contributed by atoms with Crippen molar-refractivity contribution in [3.63, 3.8) is 0 Å². The highest BCUT2D eigenvalue weighted by molar-refractivity contribution is 9.10. The molecule has 0 aliphatic rings. The van der Waals surface area contributed by atoms with Crippen molar-refractivity contribution in [1.82, 2.24) is 10.2 Å². The predicted octanol–water partition coefficient (Wildman–Crippen LogP) is 4.52. The quantitative estimate of drug-likeness (QED) is 0.474. The average molecular weight is 412 g/mol. The summed E-state index contributed by atoms with van der Waals surface area (Å²) >= 11 is 6.48. The molecule has 2 heterocycles. The number of anilines is 1. The molecule has 0 aliphatic heterocycles. The summed E-state index contributed by atoms with van der Waals surface area (Å²) in [4.78, 5) is 11.7. The minimum Gasteiger partial charge on any atom is -0.423 e. The van der Waals surface area contributed by atoms with E-state index in [1.807, 2.05) is 18.2 Å². The fourth-order valence-electron chi connectivity index (χ4n) is 2.03. The number of hydrogen-bond donors (Lipinski definition) is 1. The summed E-state index contributed by atoms with van der Waals surface area (Å²) in [6.45, 7) is 2.99. The molecule has 0 bridgehead atoms. The van der Waals surface area contributed by atoms with Crippen molar-refractivity contribution in [3.05, 3.63) is 44.7 Å². The summed E-state index contributed by atoms with van der Waals surface area (Å²) in [7, 11) is 0. The molecule has 0 aliphatic carbocycles. The molecule has 3 aromatic rings. The lowest BCUT2D eigenvalue weighted by Crippen LogP contribution is -1.99. The van der Waals surface area contributed by atoms with Crippen LogP contribution in [0.1, 0.15) is 18.9 Å². The van der Waals surface area contributed by atoms with Gasteiger partial charge in [0.25, 0.3) is 0 Å². The van der Waals surface area contributed by atoms with E-state index in [1.165, 1.54) is 11.3 Å². The second-order valence-corrected chi connectivity index (χ2v) is 7.94. The lowest BCUT2D eigenvalue weighted by atomic mass is 10.1. The van der Waals surface area contributed by atoms with Gasteiger partial charge in [0.05, 0.1) is 0 Å². The molecule has 2 aromatic heterocycles. The number of halogens is 1. The molecule has 0 fully saturated rings. The number of nitrogens with zero attached hydrogens (tertiary/aromatic N) is 2. The third-order valence-corrected chi connectivity index (χ3v) is 5.63. The van der Waals surface area contributed by atoms with Gasteiger partial charge in [0.15, 0.2) is 4.34 Å². The molecule has 1 aromatic carbocycles. The van der Waals surface area contributed by atoms with Crippen molar-refractivity contribution in [3.8, 4) is 0 Å². The maximum Gasteiger partial charge on any atom is 0.336 e. The van der Waals surface area contributed by atoms with Crippen molar-refractivity contribution < 1.29 is 4.42 Å². The van der Waals surface area contributed by atoms with Crippen molar-refractivity contribution in [2.45, 2.75) is 23.4 Å². The van der Waals surface area contributed by atoms with Crippen molar-refractivity contribution in [1.29, 1.82) is 0 Å². The van der Waals surface area contributed by atoms with Crippen LogP contribution < -0.4 is 10.9 Å². The van der Waals surface area contributed by atoms with E-state index in [2.05, 4.69) is 38.4 Å². The van der Waals surface area contributed by atoms with Crippen LogP contribution >= 0.6 is 39.0 Å². The first-order chi connectivity index (χ1) is 11.2. The van der Waals surface area contributed by atoms with Crippen molar-refractivity contribution in [2.75, 3.05) is 11.9 Å². The molecule has 0 saturated heterocycles. The van der Waals surface area contributed by atoms with Gasteiger partial charge >= 0.3 is 5.63 Å². The van der Waals surface area contributed by atoms with Gasteiger partial charge in [-0.05, 0) is 30.2 Å². The van der Waals surface area contributed by atoms with Gasteiger partial charge in [-0.25, -0.2) is 4.79 Å². The lowest BCUT2D eigenvalue weighted by Gasteiger charge is -2.04. The van der Waals surface area contributed by atoms with E-state index < -0.39 is 0 Å². The highest BCUT2D eigenvalue weighted by atomic mass is 79.9. The number of nitrogens with one attached hydrogen (secondary N) is 1. The molecule has 1 N–H and O–H groups in total. The number of rotatable bonds is 6. The Labute approximate surface area is 149 Å². The third kappa shape index (κ3) is 4.13. The zero-order chi connectivity index (χ0) is 16.2. The van der Waals surface area contributed by atoms with Gasteiger partial charge in [-0.2, -0.15) is 0 Å². The van der Waals surface area contributed by atoms with E-state index in [1.54, 1.807) is 17.8 Å². The molecular weight excluding hydrogens is 398 g/mol. The highest BCUT2D eigenvalue weighted by Crippen LogP contribution is 2.30. The summed E-state index contributed by atoms with van der Waals surface area (Å²) in [6.07, 6.45) is 1.05. The van der Waals surface area contributed by atoms with Crippen LogP contribution in [0.25, 0.3) is 11.0 Å². The number of aromatic nitrogens is 2. The summed E-state index contributed by atoms with van der Waals surface area (Å²) in [6, 6.07) is 7.24. The maximum atomic E-state index is 11.7. The second-order valence-electron chi connectivity index (χ2n) is 4.82. The van der Waals surface area contributed by atoms with E-state index in [4.69, 9.17) is 4.42 Å². The van der Waals surface area contributed by atoms with Crippen LogP contribution in [0.5, 0.6) is 0 Å². The normalized spacial score (nSPS) is 11.0. The molecule has 3 rings (SSSR count). The topological polar surface area (TPSA) is 68.0 Å². The molecule has 0 spiro atoms. The number of benzene rings is 1.